The standard InChI is InChI=1S/C17H12Cl2N4O/c1-11(12-2-4-13(18)5-3-12)21-17(24)16-20-10-23(22-16)15-8-6-14(19)7-9-15/h2-6,8,10-11H,1H3,(H,21,24). The molecule has 0 saturated carbocycles. The molecule has 3 rings (SSSR count). The molecule has 120 valence electrons. The van der Waals surface area contributed by atoms with Gasteiger partial charge >= 0.3 is 0 Å². The Morgan fingerprint density at radius 2 is 1.96 bits per heavy atom. The molecular formula is C17H12Cl2N4O. The minimum Gasteiger partial charge on any atom is -0.343 e. The smallest absolute Gasteiger partial charge is 0.291 e. The number of hydrogen-bond donors (Lipinski definition) is 1. The van der Waals surface area contributed by atoms with Crippen molar-refractivity contribution in [2.24, 2.45) is 0 Å². The summed E-state index contributed by atoms with van der Waals surface area (Å²) in [7, 11) is 0. The second-order valence-electron chi connectivity index (χ2n) is 5.08. The Labute approximate surface area is 148 Å². The zero-order valence-corrected chi connectivity index (χ0v) is 14.1. The predicted molar refractivity (Wildman–Crippen MR) is 92.6 cm³/mol. The highest BCUT2D eigenvalue weighted by Gasteiger charge is 2.16. The summed E-state index contributed by atoms with van der Waals surface area (Å²) in [4.78, 5) is 16.3. The number of rotatable bonds is 4. The Morgan fingerprint density at radius 1 is 1.21 bits per heavy atom. The van der Waals surface area contributed by atoms with E-state index >= 15 is 0 Å². The zero-order valence-electron chi connectivity index (χ0n) is 12.6. The number of carbonyl (C=O) groups is 1. The van der Waals surface area contributed by atoms with Crippen LogP contribution in [0.1, 0.15) is 29.1 Å². The van der Waals surface area contributed by atoms with Gasteiger partial charge in [0, 0.05) is 5.02 Å². The normalized spacial score (nSPS) is 14.1. The van der Waals surface area contributed by atoms with E-state index in [1.165, 1.54) is 11.0 Å². The minimum absolute atomic E-state index is 0.0687. The van der Waals surface area contributed by atoms with E-state index in [9.17, 15) is 4.79 Å². The van der Waals surface area contributed by atoms with Crippen LogP contribution in [-0.4, -0.2) is 20.7 Å². The van der Waals surface area contributed by atoms with Crippen molar-refractivity contribution in [3.63, 3.8) is 0 Å². The number of nitrogens with one attached hydrogen (secondary N) is 1. The topological polar surface area (TPSA) is 59.8 Å². The van der Waals surface area contributed by atoms with Gasteiger partial charge in [-0.05, 0) is 48.2 Å². The molecule has 0 radical (unpaired) electrons. The van der Waals surface area contributed by atoms with Crippen LogP contribution in [0.3, 0.4) is 0 Å². The van der Waals surface area contributed by atoms with Crippen molar-refractivity contribution < 1.29 is 4.79 Å². The first-order chi connectivity index (χ1) is 11.5. The van der Waals surface area contributed by atoms with Crippen molar-refractivity contribution in [3.8, 4) is 0 Å². The number of amides is 1. The van der Waals surface area contributed by atoms with Gasteiger partial charge in [0.1, 0.15) is 12.0 Å². The zero-order chi connectivity index (χ0) is 17.1. The maximum Gasteiger partial charge on any atom is 0.291 e. The first kappa shape index (κ1) is 16.3. The van der Waals surface area contributed by atoms with E-state index in [4.69, 9.17) is 23.2 Å². The van der Waals surface area contributed by atoms with Gasteiger partial charge in [-0.3, -0.25) is 4.79 Å². The van der Waals surface area contributed by atoms with Crippen molar-refractivity contribution in [2.75, 3.05) is 0 Å². The third-order valence-corrected chi connectivity index (χ3v) is 3.83. The summed E-state index contributed by atoms with van der Waals surface area (Å²) in [6.45, 7) is 1.88. The highest BCUT2D eigenvalue weighted by molar-refractivity contribution is 6.31. The highest BCUT2D eigenvalue weighted by atomic mass is 35.5. The van der Waals surface area contributed by atoms with E-state index in [0.29, 0.717) is 15.8 Å². The molecule has 0 bridgehead atoms. The van der Waals surface area contributed by atoms with Gasteiger partial charge in [0.25, 0.3) is 5.91 Å². The first-order valence-electron chi connectivity index (χ1n) is 7.11. The van der Waals surface area contributed by atoms with Gasteiger partial charge in [-0.1, -0.05) is 35.3 Å². The molecule has 24 heavy (non-hydrogen) atoms. The number of hydrogen-bond acceptors (Lipinski definition) is 3. The lowest BCUT2D eigenvalue weighted by molar-refractivity contribution is 0.0929. The van der Waals surface area contributed by atoms with Crippen LogP contribution < -0.4 is 5.32 Å². The maximum absolute atomic E-state index is 12.3. The number of halogens is 2. The van der Waals surface area contributed by atoms with Crippen LogP contribution in [0.25, 0.3) is 5.70 Å². The lowest BCUT2D eigenvalue weighted by Gasteiger charge is -2.13. The van der Waals surface area contributed by atoms with Crippen molar-refractivity contribution >= 4 is 34.8 Å². The molecule has 1 amide bonds. The first-order valence-corrected chi connectivity index (χ1v) is 7.86. The fourth-order valence-electron chi connectivity index (χ4n) is 2.07. The maximum atomic E-state index is 12.3. The number of nitrogens with zero attached hydrogens (tertiary/aromatic N) is 3. The molecule has 1 N–H and O–H groups in total. The number of allylic oxidation sites excluding steroid dienone is 4. The van der Waals surface area contributed by atoms with Gasteiger partial charge in [0.05, 0.1) is 11.1 Å². The summed E-state index contributed by atoms with van der Waals surface area (Å²) >= 11 is 11.6. The third kappa shape index (κ3) is 3.67. The summed E-state index contributed by atoms with van der Waals surface area (Å²) < 4.78 is 1.44. The largest absolute Gasteiger partial charge is 0.343 e. The summed E-state index contributed by atoms with van der Waals surface area (Å²) in [5.41, 5.74) is 7.10. The van der Waals surface area contributed by atoms with Gasteiger partial charge in [-0.15, -0.1) is 5.10 Å². The van der Waals surface area contributed by atoms with Crippen molar-refractivity contribution in [2.45, 2.75) is 13.0 Å². The molecule has 7 heteroatoms. The van der Waals surface area contributed by atoms with Gasteiger partial charge < -0.3 is 5.32 Å². The Balaban J connectivity index is 1.73. The molecular weight excluding hydrogens is 347 g/mol. The quantitative estimate of drug-likeness (QED) is 0.847. The molecule has 0 spiro atoms. The summed E-state index contributed by atoms with van der Waals surface area (Å²) in [6, 6.07) is 7.08. The van der Waals surface area contributed by atoms with Crippen LogP contribution in [0.5, 0.6) is 0 Å². The van der Waals surface area contributed by atoms with Crippen molar-refractivity contribution in [1.29, 1.82) is 0 Å². The fraction of sp³-hybridized carbons (Fsp3) is 0.118. The van der Waals surface area contributed by atoms with E-state index in [0.717, 1.165) is 5.56 Å². The second kappa shape index (κ2) is 6.91. The molecule has 1 aromatic heterocycles. The number of carbonyl (C=O) groups excluding carboxylic acids is 1. The van der Waals surface area contributed by atoms with E-state index in [1.54, 1.807) is 24.3 Å². The highest BCUT2D eigenvalue weighted by Crippen LogP contribution is 2.16. The molecule has 1 aliphatic carbocycles. The van der Waals surface area contributed by atoms with Crippen molar-refractivity contribution in [1.82, 2.24) is 20.1 Å². The van der Waals surface area contributed by atoms with Crippen LogP contribution in [0, 0.1) is 0 Å². The predicted octanol–water partition coefficient (Wildman–Crippen LogP) is 3.71. The molecule has 1 unspecified atom stereocenters. The van der Waals surface area contributed by atoms with Crippen LogP contribution in [0.15, 0.2) is 59.2 Å². The van der Waals surface area contributed by atoms with Gasteiger partial charge in [0.2, 0.25) is 5.82 Å². The second-order valence-corrected chi connectivity index (χ2v) is 5.92. The van der Waals surface area contributed by atoms with Gasteiger partial charge in [0.15, 0.2) is 0 Å². The van der Waals surface area contributed by atoms with Crippen LogP contribution in [0.2, 0.25) is 5.02 Å². The Morgan fingerprint density at radius 3 is 2.62 bits per heavy atom. The van der Waals surface area contributed by atoms with Crippen LogP contribution in [0.4, 0.5) is 0 Å². The Hall–Kier alpha value is -2.55. The SMILES string of the molecule is CC(NC(=O)c1ncn(C2=C=C=C(Cl)C=C2)n1)c1ccc(Cl)cc1. The molecule has 5 nitrogen and oxygen atoms in total. The molecule has 0 aliphatic heterocycles. The Bertz CT molecular complexity index is 914. The van der Waals surface area contributed by atoms with Gasteiger partial charge in [-0.25, -0.2) is 9.67 Å². The average molecular weight is 359 g/mol. The Kier molecular flexibility index (Phi) is 4.70. The summed E-state index contributed by atoms with van der Waals surface area (Å²) in [6.07, 6.45) is 4.82. The summed E-state index contributed by atoms with van der Waals surface area (Å²) in [5.74, 6) is -0.298. The molecule has 1 aromatic carbocycles. The number of aromatic nitrogens is 3. The average Bonchev–Trinajstić information content (AvgIpc) is 3.06. The lowest BCUT2D eigenvalue weighted by Crippen LogP contribution is -2.27. The summed E-state index contributed by atoms with van der Waals surface area (Å²) in [5, 5.41) is 8.09. The van der Waals surface area contributed by atoms with Crippen LogP contribution in [-0.2, 0) is 0 Å². The van der Waals surface area contributed by atoms with Crippen molar-refractivity contribution in [3.05, 3.63) is 75.7 Å². The molecule has 0 fully saturated rings. The van der Waals surface area contributed by atoms with E-state index in [-0.39, 0.29) is 17.8 Å². The molecule has 0 saturated heterocycles. The molecule has 2 aromatic rings. The van der Waals surface area contributed by atoms with E-state index < -0.39 is 0 Å². The van der Waals surface area contributed by atoms with E-state index in [2.05, 4.69) is 26.9 Å². The molecule has 1 heterocycles. The van der Waals surface area contributed by atoms with E-state index in [1.807, 2.05) is 19.1 Å². The van der Waals surface area contributed by atoms with Gasteiger partial charge in [-0.2, -0.15) is 0 Å². The minimum atomic E-state index is -0.367. The third-order valence-electron chi connectivity index (χ3n) is 3.36. The monoisotopic (exact) mass is 358 g/mol. The fourth-order valence-corrected chi connectivity index (χ4v) is 2.31. The lowest BCUT2D eigenvalue weighted by atomic mass is 10.1. The molecule has 1 atom stereocenters. The number of benzene rings is 1. The molecule has 1 aliphatic rings. The van der Waals surface area contributed by atoms with Crippen LogP contribution >= 0.6 is 23.2 Å².